The fourth-order valence-electron chi connectivity index (χ4n) is 11.4. The Morgan fingerprint density at radius 3 is 0.716 bits per heavy atom. The van der Waals surface area contributed by atoms with Gasteiger partial charge in [-0.05, 0) is 44.9 Å². The minimum absolute atomic E-state index is 0.0693. The lowest BCUT2D eigenvalue weighted by Crippen LogP contribution is -2.30. The van der Waals surface area contributed by atoms with E-state index in [-0.39, 0.29) is 31.1 Å². The molecule has 0 rings (SSSR count). The third kappa shape index (κ3) is 68.6. The van der Waals surface area contributed by atoms with Gasteiger partial charge in [0.2, 0.25) is 0 Å². The van der Waals surface area contributed by atoms with Crippen LogP contribution in [0.3, 0.4) is 0 Å². The van der Waals surface area contributed by atoms with Crippen LogP contribution in [0.1, 0.15) is 419 Å². The van der Waals surface area contributed by atoms with E-state index in [4.69, 9.17) is 14.2 Å². The summed E-state index contributed by atoms with van der Waals surface area (Å²) in [5.41, 5.74) is 0. The van der Waals surface area contributed by atoms with Crippen molar-refractivity contribution in [2.45, 2.75) is 425 Å². The van der Waals surface area contributed by atoms with Crippen molar-refractivity contribution in [3.8, 4) is 0 Å². The van der Waals surface area contributed by atoms with E-state index < -0.39 is 6.10 Å². The molecule has 1 atom stereocenters. The van der Waals surface area contributed by atoms with Gasteiger partial charge in [0.05, 0.1) is 0 Å². The van der Waals surface area contributed by atoms with Crippen LogP contribution in [0.5, 0.6) is 0 Å². The van der Waals surface area contributed by atoms with Gasteiger partial charge in [-0.3, -0.25) is 14.4 Å². The molecule has 0 aromatic heterocycles. The number of unbranched alkanes of at least 4 members (excludes halogenated alkanes) is 54. The molecule has 478 valence electrons. The summed E-state index contributed by atoms with van der Waals surface area (Å²) >= 11 is 0. The first-order chi connectivity index (χ1) is 40.0. The number of ether oxygens (including phenoxy) is 3. The Balaban J connectivity index is 4.11. The Labute approximate surface area is 506 Å². The molecule has 0 saturated heterocycles. The summed E-state index contributed by atoms with van der Waals surface area (Å²) < 4.78 is 17.0. The van der Waals surface area contributed by atoms with Gasteiger partial charge in [-0.1, -0.05) is 379 Å². The molecule has 0 aromatic rings. The van der Waals surface area contributed by atoms with Crippen LogP contribution in [-0.4, -0.2) is 37.2 Å². The zero-order valence-electron chi connectivity index (χ0n) is 55.1. The van der Waals surface area contributed by atoms with E-state index in [9.17, 15) is 14.4 Å². The standard InChI is InChI=1S/C75H142O6/c1-4-7-10-13-16-19-22-25-28-30-31-32-33-34-35-36-37-38-39-40-41-42-43-44-46-47-50-53-56-59-62-65-68-74(77)80-71-72(70-79-73(76)67-64-61-58-55-52-49-27-24-21-18-15-12-9-6-3)81-75(78)69-66-63-60-57-54-51-48-45-29-26-23-20-17-14-11-8-5-2/h15,18,24,27,72H,4-14,16-17,19-23,25-26,28-71H2,1-3H3/b18-15-,27-24-. The molecule has 0 saturated carbocycles. The van der Waals surface area contributed by atoms with E-state index in [1.165, 1.54) is 302 Å². The highest BCUT2D eigenvalue weighted by Crippen LogP contribution is 2.19. The molecule has 6 heteroatoms. The first kappa shape index (κ1) is 78.9. The molecule has 0 N–H and O–H groups in total. The molecule has 0 aliphatic heterocycles. The summed E-state index contributed by atoms with van der Waals surface area (Å²) in [6, 6.07) is 0. The SMILES string of the molecule is CCCC/C=C\C/C=C\CCCCCCCC(=O)OCC(COC(=O)CCCCCCCCCCCCCCCCCCCCCCCCCCCCCCCCCC)OC(=O)CCCCCCCCCCCCCCCCCCC. The molecule has 0 bridgehead atoms. The maximum absolute atomic E-state index is 12.9. The predicted octanol–water partition coefficient (Wildman–Crippen LogP) is 25.3. The van der Waals surface area contributed by atoms with Crippen LogP contribution in [0.25, 0.3) is 0 Å². The third-order valence-electron chi connectivity index (χ3n) is 17.0. The lowest BCUT2D eigenvalue weighted by atomic mass is 10.0. The summed E-state index contributed by atoms with van der Waals surface area (Å²) in [7, 11) is 0. The number of rotatable bonds is 69. The Morgan fingerprint density at radius 1 is 0.247 bits per heavy atom. The second-order valence-electron chi connectivity index (χ2n) is 25.2. The first-order valence-electron chi connectivity index (χ1n) is 36.8. The van der Waals surface area contributed by atoms with Crippen LogP contribution in [0.15, 0.2) is 24.3 Å². The van der Waals surface area contributed by atoms with Gasteiger partial charge in [0.25, 0.3) is 0 Å². The van der Waals surface area contributed by atoms with Crippen molar-refractivity contribution in [1.82, 2.24) is 0 Å². The summed E-state index contributed by atoms with van der Waals surface area (Å²) in [6.45, 7) is 6.67. The van der Waals surface area contributed by atoms with Gasteiger partial charge in [-0.15, -0.1) is 0 Å². The number of hydrogen-bond donors (Lipinski definition) is 0. The van der Waals surface area contributed by atoms with Gasteiger partial charge >= 0.3 is 17.9 Å². The molecule has 0 fully saturated rings. The molecule has 81 heavy (non-hydrogen) atoms. The van der Waals surface area contributed by atoms with Gasteiger partial charge in [0, 0.05) is 19.3 Å². The van der Waals surface area contributed by atoms with Crippen molar-refractivity contribution >= 4 is 17.9 Å². The molecule has 0 aliphatic carbocycles. The van der Waals surface area contributed by atoms with Crippen LogP contribution in [0.2, 0.25) is 0 Å². The smallest absolute Gasteiger partial charge is 0.306 e. The van der Waals surface area contributed by atoms with E-state index in [1.54, 1.807) is 0 Å². The van der Waals surface area contributed by atoms with Gasteiger partial charge in [-0.2, -0.15) is 0 Å². The van der Waals surface area contributed by atoms with Gasteiger partial charge < -0.3 is 14.2 Å². The Kier molecular flexibility index (Phi) is 68.5. The Morgan fingerprint density at radius 2 is 0.457 bits per heavy atom. The third-order valence-corrected chi connectivity index (χ3v) is 17.0. The minimum Gasteiger partial charge on any atom is -0.462 e. The normalized spacial score (nSPS) is 12.1. The van der Waals surface area contributed by atoms with Gasteiger partial charge in [-0.25, -0.2) is 0 Å². The second kappa shape index (κ2) is 70.4. The molecule has 0 heterocycles. The average Bonchev–Trinajstić information content (AvgIpc) is 3.47. The average molecular weight is 1140 g/mol. The molecule has 0 spiro atoms. The van der Waals surface area contributed by atoms with Crippen molar-refractivity contribution in [3.05, 3.63) is 24.3 Å². The molecule has 0 aromatic carbocycles. The summed E-state index contributed by atoms with van der Waals surface area (Å²) in [6.07, 6.45) is 86.6. The summed E-state index contributed by atoms with van der Waals surface area (Å²) in [4.78, 5) is 38.4. The number of carbonyl (C=O) groups is 3. The van der Waals surface area contributed by atoms with E-state index in [1.807, 2.05) is 0 Å². The topological polar surface area (TPSA) is 78.9 Å². The molecule has 0 radical (unpaired) electrons. The Hall–Kier alpha value is -2.11. The highest BCUT2D eigenvalue weighted by molar-refractivity contribution is 5.71. The molecule has 0 aliphatic rings. The van der Waals surface area contributed by atoms with Crippen molar-refractivity contribution in [2.24, 2.45) is 0 Å². The molecule has 1 unspecified atom stereocenters. The molecular formula is C75H142O6. The van der Waals surface area contributed by atoms with E-state index >= 15 is 0 Å². The Bertz CT molecular complexity index is 1310. The summed E-state index contributed by atoms with van der Waals surface area (Å²) in [5, 5.41) is 0. The van der Waals surface area contributed by atoms with Gasteiger partial charge in [0.1, 0.15) is 13.2 Å². The summed E-state index contributed by atoms with van der Waals surface area (Å²) in [5.74, 6) is -0.851. The number of allylic oxidation sites excluding steroid dienone is 4. The largest absolute Gasteiger partial charge is 0.462 e. The fourth-order valence-corrected chi connectivity index (χ4v) is 11.4. The molecule has 0 amide bonds. The van der Waals surface area contributed by atoms with Crippen molar-refractivity contribution in [1.29, 1.82) is 0 Å². The fraction of sp³-hybridized carbons (Fsp3) is 0.907. The maximum atomic E-state index is 12.9. The number of carbonyl (C=O) groups excluding carboxylic acids is 3. The van der Waals surface area contributed by atoms with E-state index in [0.29, 0.717) is 19.3 Å². The van der Waals surface area contributed by atoms with Crippen LogP contribution >= 0.6 is 0 Å². The van der Waals surface area contributed by atoms with Crippen molar-refractivity contribution in [3.63, 3.8) is 0 Å². The van der Waals surface area contributed by atoms with Crippen LogP contribution < -0.4 is 0 Å². The quantitative estimate of drug-likeness (QED) is 0.0261. The molecular weight excluding hydrogens is 997 g/mol. The van der Waals surface area contributed by atoms with E-state index in [0.717, 1.165) is 77.0 Å². The minimum atomic E-state index is -0.774. The highest BCUT2D eigenvalue weighted by Gasteiger charge is 2.20. The number of esters is 3. The zero-order chi connectivity index (χ0) is 58.5. The van der Waals surface area contributed by atoms with Gasteiger partial charge in [0.15, 0.2) is 6.10 Å². The predicted molar refractivity (Wildman–Crippen MR) is 353 cm³/mol. The highest BCUT2D eigenvalue weighted by atomic mass is 16.6. The van der Waals surface area contributed by atoms with Crippen molar-refractivity contribution in [2.75, 3.05) is 13.2 Å². The molecule has 6 nitrogen and oxygen atoms in total. The number of hydrogen-bond acceptors (Lipinski definition) is 6. The van der Waals surface area contributed by atoms with E-state index in [2.05, 4.69) is 45.1 Å². The van der Waals surface area contributed by atoms with Crippen LogP contribution in [0, 0.1) is 0 Å². The monoisotopic (exact) mass is 1140 g/mol. The maximum Gasteiger partial charge on any atom is 0.306 e. The first-order valence-corrected chi connectivity index (χ1v) is 36.8. The van der Waals surface area contributed by atoms with Crippen LogP contribution in [0.4, 0.5) is 0 Å². The van der Waals surface area contributed by atoms with Crippen LogP contribution in [-0.2, 0) is 28.6 Å². The second-order valence-corrected chi connectivity index (χ2v) is 25.2. The lowest BCUT2D eigenvalue weighted by molar-refractivity contribution is -0.167. The zero-order valence-corrected chi connectivity index (χ0v) is 55.1. The van der Waals surface area contributed by atoms with Crippen molar-refractivity contribution < 1.29 is 28.6 Å². The lowest BCUT2D eigenvalue weighted by Gasteiger charge is -2.18.